The van der Waals surface area contributed by atoms with Gasteiger partial charge in [0, 0.05) is 18.3 Å². The molecule has 0 heterocycles. The molecule has 0 radical (unpaired) electrons. The number of unbranched alkanes of at least 4 members (excludes halogenated alkanes) is 2. The maximum Gasteiger partial charge on any atom is 0.305 e. The van der Waals surface area contributed by atoms with Crippen molar-refractivity contribution in [1.82, 2.24) is 0 Å². The van der Waals surface area contributed by atoms with Crippen LogP contribution < -0.4 is 0 Å². The Bertz CT molecular complexity index is 968. The lowest BCUT2D eigenvalue weighted by molar-refractivity contribution is -0.141. The van der Waals surface area contributed by atoms with Crippen LogP contribution in [0.2, 0.25) is 0 Å². The Morgan fingerprint density at radius 1 is 0.727 bits per heavy atom. The third kappa shape index (κ3) is 5.48. The third-order valence-electron chi connectivity index (χ3n) is 7.09. The van der Waals surface area contributed by atoms with Gasteiger partial charge in [0.15, 0.2) is 0 Å². The minimum atomic E-state index is -0.175. The van der Waals surface area contributed by atoms with Gasteiger partial charge >= 0.3 is 11.9 Å². The maximum atomic E-state index is 11.7. The van der Waals surface area contributed by atoms with Gasteiger partial charge in [0.05, 0.1) is 14.2 Å². The molecule has 0 atom stereocenters. The predicted molar refractivity (Wildman–Crippen MR) is 132 cm³/mol. The molecule has 0 aliphatic heterocycles. The van der Waals surface area contributed by atoms with Gasteiger partial charge in [-0.05, 0) is 59.1 Å². The van der Waals surface area contributed by atoms with Crippen molar-refractivity contribution in [3.05, 3.63) is 58.7 Å². The second-order valence-electron chi connectivity index (χ2n) is 9.20. The van der Waals surface area contributed by atoms with Crippen LogP contribution in [0.5, 0.6) is 0 Å². The number of hydrogen-bond acceptors (Lipinski definition) is 4. The lowest BCUT2D eigenvalue weighted by Crippen LogP contribution is -2.25. The van der Waals surface area contributed by atoms with Gasteiger partial charge in [-0.15, -0.1) is 0 Å². The maximum absolute atomic E-state index is 11.7. The van der Waals surface area contributed by atoms with Crippen molar-refractivity contribution in [2.45, 2.75) is 83.5 Å². The topological polar surface area (TPSA) is 52.6 Å². The van der Waals surface area contributed by atoms with E-state index in [-0.39, 0.29) is 17.4 Å². The smallest absolute Gasteiger partial charge is 0.305 e. The lowest BCUT2D eigenvalue weighted by atomic mass is 9.70. The second-order valence-corrected chi connectivity index (χ2v) is 9.20. The average molecular weight is 451 g/mol. The summed E-state index contributed by atoms with van der Waals surface area (Å²) in [5, 5.41) is 0. The molecule has 3 rings (SSSR count). The third-order valence-corrected chi connectivity index (χ3v) is 7.09. The van der Waals surface area contributed by atoms with Crippen molar-refractivity contribution in [2.75, 3.05) is 14.2 Å². The SMILES string of the molecule is CCCCC1(CCCC)c2ccc(CCC(=O)OC)cc2-c2ccc(CCC(=O)OC)cc21. The molecule has 0 saturated carbocycles. The largest absolute Gasteiger partial charge is 0.469 e. The van der Waals surface area contributed by atoms with Gasteiger partial charge in [0.1, 0.15) is 0 Å². The molecule has 2 aromatic carbocycles. The minimum absolute atomic E-state index is 0.0127. The van der Waals surface area contributed by atoms with Gasteiger partial charge in [0.2, 0.25) is 0 Å². The molecule has 1 aliphatic rings. The Morgan fingerprint density at radius 2 is 1.27 bits per heavy atom. The van der Waals surface area contributed by atoms with E-state index in [0.29, 0.717) is 25.7 Å². The summed E-state index contributed by atoms with van der Waals surface area (Å²) in [5.41, 5.74) is 7.81. The fourth-order valence-electron chi connectivity index (χ4n) is 5.23. The van der Waals surface area contributed by atoms with Gasteiger partial charge < -0.3 is 9.47 Å². The number of carbonyl (C=O) groups excluding carboxylic acids is 2. The number of carbonyl (C=O) groups is 2. The Hall–Kier alpha value is -2.62. The fourth-order valence-corrected chi connectivity index (χ4v) is 5.23. The first-order valence-electron chi connectivity index (χ1n) is 12.4. The van der Waals surface area contributed by atoms with Crippen molar-refractivity contribution in [2.24, 2.45) is 0 Å². The standard InChI is InChI=1S/C29H38O4/c1-5-7-17-29(18-8-6-2)25-14-10-21(11-15-27(30)32-3)19-24(25)23-13-9-22(20-26(23)29)12-16-28(31)33-4/h9-10,13-14,19-20H,5-8,11-12,15-18H2,1-4H3. The predicted octanol–water partition coefficient (Wildman–Crippen LogP) is 6.54. The summed E-state index contributed by atoms with van der Waals surface area (Å²) in [7, 11) is 2.88. The first-order valence-corrected chi connectivity index (χ1v) is 12.4. The molecule has 33 heavy (non-hydrogen) atoms. The molecular formula is C29H38O4. The van der Waals surface area contributed by atoms with Gasteiger partial charge in [0.25, 0.3) is 0 Å². The molecule has 0 amide bonds. The molecule has 0 bridgehead atoms. The Labute approximate surface area is 198 Å². The summed E-state index contributed by atoms with van der Waals surface area (Å²) in [6.07, 6.45) is 9.12. The van der Waals surface area contributed by atoms with Crippen molar-refractivity contribution >= 4 is 11.9 Å². The zero-order valence-corrected chi connectivity index (χ0v) is 20.7. The number of methoxy groups -OCH3 is 2. The summed E-state index contributed by atoms with van der Waals surface area (Å²) in [6.45, 7) is 4.51. The molecule has 0 spiro atoms. The lowest BCUT2D eigenvalue weighted by Gasteiger charge is -2.33. The molecule has 0 saturated heterocycles. The fraction of sp³-hybridized carbons (Fsp3) is 0.517. The molecule has 2 aromatic rings. The minimum Gasteiger partial charge on any atom is -0.469 e. The van der Waals surface area contributed by atoms with Crippen LogP contribution in [0.25, 0.3) is 11.1 Å². The number of esters is 2. The highest BCUT2D eigenvalue weighted by molar-refractivity contribution is 5.82. The van der Waals surface area contributed by atoms with Crippen molar-refractivity contribution in [3.8, 4) is 11.1 Å². The second kappa shape index (κ2) is 11.5. The molecule has 0 aromatic heterocycles. The molecule has 178 valence electrons. The van der Waals surface area contributed by atoms with Crippen molar-refractivity contribution < 1.29 is 19.1 Å². The molecule has 4 heteroatoms. The van der Waals surface area contributed by atoms with Gasteiger partial charge in [-0.25, -0.2) is 0 Å². The molecular weight excluding hydrogens is 412 g/mol. The Morgan fingerprint density at radius 3 is 1.82 bits per heavy atom. The van der Waals surface area contributed by atoms with E-state index in [1.165, 1.54) is 60.4 Å². The summed E-state index contributed by atoms with van der Waals surface area (Å²) >= 11 is 0. The van der Waals surface area contributed by atoms with Gasteiger partial charge in [-0.1, -0.05) is 75.9 Å². The summed E-state index contributed by atoms with van der Waals surface area (Å²) in [5.74, 6) is -0.344. The van der Waals surface area contributed by atoms with Crippen LogP contribution in [0.3, 0.4) is 0 Å². The van der Waals surface area contributed by atoms with Crippen LogP contribution in [0, 0.1) is 0 Å². The number of ether oxygens (including phenoxy) is 2. The van der Waals surface area contributed by atoms with Crippen LogP contribution in [0.15, 0.2) is 36.4 Å². The molecule has 0 unspecified atom stereocenters. The van der Waals surface area contributed by atoms with Crippen molar-refractivity contribution in [1.29, 1.82) is 0 Å². The molecule has 0 fully saturated rings. The van der Waals surface area contributed by atoms with Crippen LogP contribution in [0.1, 0.15) is 87.5 Å². The number of hydrogen-bond donors (Lipinski definition) is 0. The van der Waals surface area contributed by atoms with E-state index in [0.717, 1.165) is 25.7 Å². The molecule has 4 nitrogen and oxygen atoms in total. The highest BCUT2D eigenvalue weighted by Gasteiger charge is 2.42. The highest BCUT2D eigenvalue weighted by Crippen LogP contribution is 2.54. The first-order chi connectivity index (χ1) is 16.0. The summed E-state index contributed by atoms with van der Waals surface area (Å²) in [4.78, 5) is 23.4. The van der Waals surface area contributed by atoms with Crippen LogP contribution in [-0.2, 0) is 37.3 Å². The van der Waals surface area contributed by atoms with Gasteiger partial charge in [-0.2, -0.15) is 0 Å². The van der Waals surface area contributed by atoms with E-state index in [2.05, 4.69) is 50.2 Å². The first kappa shape index (κ1) is 25.0. The monoisotopic (exact) mass is 450 g/mol. The van der Waals surface area contributed by atoms with Crippen LogP contribution in [-0.4, -0.2) is 26.2 Å². The van der Waals surface area contributed by atoms with Crippen LogP contribution >= 0.6 is 0 Å². The zero-order valence-electron chi connectivity index (χ0n) is 20.7. The van der Waals surface area contributed by atoms with E-state index in [1.54, 1.807) is 0 Å². The Kier molecular flexibility index (Phi) is 8.71. The molecule has 1 aliphatic carbocycles. The van der Waals surface area contributed by atoms with Crippen molar-refractivity contribution in [3.63, 3.8) is 0 Å². The van der Waals surface area contributed by atoms with E-state index in [9.17, 15) is 9.59 Å². The normalized spacial score (nSPS) is 13.3. The van der Waals surface area contributed by atoms with E-state index >= 15 is 0 Å². The van der Waals surface area contributed by atoms with Gasteiger partial charge in [-0.3, -0.25) is 9.59 Å². The summed E-state index contributed by atoms with van der Waals surface area (Å²) < 4.78 is 9.68. The number of fused-ring (bicyclic) bond motifs is 3. The number of aryl methyl sites for hydroxylation is 2. The average Bonchev–Trinajstić information content (AvgIpc) is 3.11. The van der Waals surface area contributed by atoms with E-state index < -0.39 is 0 Å². The quantitative estimate of drug-likeness (QED) is 0.344. The summed E-state index contributed by atoms with van der Waals surface area (Å²) in [6, 6.07) is 13.5. The highest BCUT2D eigenvalue weighted by atomic mass is 16.5. The van der Waals surface area contributed by atoms with E-state index in [1.807, 2.05) is 0 Å². The molecule has 0 N–H and O–H groups in total. The number of rotatable bonds is 12. The van der Waals surface area contributed by atoms with Crippen LogP contribution in [0.4, 0.5) is 0 Å². The number of benzene rings is 2. The Balaban J connectivity index is 2.05. The zero-order chi connectivity index (χ0) is 23.8. The van der Waals surface area contributed by atoms with E-state index in [4.69, 9.17) is 9.47 Å².